The maximum Gasteiger partial charge on any atom is 0.277 e. The van der Waals surface area contributed by atoms with Crippen LogP contribution < -0.4 is 0 Å². The van der Waals surface area contributed by atoms with E-state index in [0.717, 1.165) is 5.56 Å². The molecule has 0 fully saturated rings. The highest BCUT2D eigenvalue weighted by atomic mass is 32.2. The lowest BCUT2D eigenvalue weighted by Crippen LogP contribution is -2.32. The van der Waals surface area contributed by atoms with Gasteiger partial charge in [0.05, 0.1) is 5.75 Å². The van der Waals surface area contributed by atoms with Crippen molar-refractivity contribution in [1.29, 1.82) is 0 Å². The average molecular weight is 316 g/mol. The highest BCUT2D eigenvalue weighted by Gasteiger charge is 2.14. The Labute approximate surface area is 132 Å². The lowest BCUT2D eigenvalue weighted by Gasteiger charge is -2.18. The molecule has 0 saturated heterocycles. The SMILES string of the molecule is C=CCN(CC=C)C(=O)CSc1nnc(-c2ccncc2)o1. The van der Waals surface area contributed by atoms with Crippen LogP contribution in [0.25, 0.3) is 11.5 Å². The average Bonchev–Trinajstić information content (AvgIpc) is 3.02. The molecule has 0 aliphatic heterocycles. The molecule has 0 saturated carbocycles. The number of rotatable bonds is 8. The van der Waals surface area contributed by atoms with E-state index in [1.165, 1.54) is 11.8 Å². The number of carbonyl (C=O) groups excluding carboxylic acids is 1. The monoisotopic (exact) mass is 316 g/mol. The molecule has 0 aliphatic carbocycles. The highest BCUT2D eigenvalue weighted by Crippen LogP contribution is 2.22. The Morgan fingerprint density at radius 3 is 2.55 bits per heavy atom. The van der Waals surface area contributed by atoms with Crippen molar-refractivity contribution in [2.75, 3.05) is 18.8 Å². The smallest absolute Gasteiger partial charge is 0.277 e. The first-order valence-corrected chi connectivity index (χ1v) is 7.59. The second kappa shape index (κ2) is 8.14. The Balaban J connectivity index is 1.94. The third-order valence-electron chi connectivity index (χ3n) is 2.70. The first-order chi connectivity index (χ1) is 10.7. The van der Waals surface area contributed by atoms with Crippen LogP contribution in [-0.2, 0) is 4.79 Å². The zero-order valence-corrected chi connectivity index (χ0v) is 12.8. The summed E-state index contributed by atoms with van der Waals surface area (Å²) in [5.74, 6) is 0.597. The van der Waals surface area contributed by atoms with Gasteiger partial charge in [0, 0.05) is 31.0 Å². The molecule has 2 aromatic rings. The van der Waals surface area contributed by atoms with Gasteiger partial charge in [-0.25, -0.2) is 0 Å². The van der Waals surface area contributed by atoms with Gasteiger partial charge in [-0.2, -0.15) is 0 Å². The first-order valence-electron chi connectivity index (χ1n) is 6.61. The van der Waals surface area contributed by atoms with E-state index in [-0.39, 0.29) is 11.7 Å². The van der Waals surface area contributed by atoms with E-state index in [0.29, 0.717) is 24.2 Å². The molecular weight excluding hydrogens is 300 g/mol. The molecule has 2 rings (SSSR count). The Morgan fingerprint density at radius 2 is 1.91 bits per heavy atom. The van der Waals surface area contributed by atoms with Crippen LogP contribution in [-0.4, -0.2) is 44.8 Å². The standard InChI is InChI=1S/C15H16N4O2S/c1-3-9-19(10-4-2)13(20)11-22-15-18-17-14(21-15)12-5-7-16-8-6-12/h3-8H,1-2,9-11H2. The summed E-state index contributed by atoms with van der Waals surface area (Å²) >= 11 is 1.21. The van der Waals surface area contributed by atoms with E-state index in [1.54, 1.807) is 41.6 Å². The van der Waals surface area contributed by atoms with Crippen LogP contribution in [0.15, 0.2) is 59.5 Å². The minimum atomic E-state index is -0.0338. The maximum atomic E-state index is 12.1. The van der Waals surface area contributed by atoms with Gasteiger partial charge in [-0.1, -0.05) is 23.9 Å². The first kappa shape index (κ1) is 16.0. The summed E-state index contributed by atoms with van der Waals surface area (Å²) in [6.07, 6.45) is 6.66. The quantitative estimate of drug-likeness (QED) is 0.550. The van der Waals surface area contributed by atoms with Gasteiger partial charge in [0.25, 0.3) is 5.22 Å². The van der Waals surface area contributed by atoms with Crippen molar-refractivity contribution < 1.29 is 9.21 Å². The maximum absolute atomic E-state index is 12.1. The lowest BCUT2D eigenvalue weighted by atomic mass is 10.3. The summed E-state index contributed by atoms with van der Waals surface area (Å²) in [5.41, 5.74) is 0.792. The van der Waals surface area contributed by atoms with Crippen LogP contribution in [0.1, 0.15) is 0 Å². The van der Waals surface area contributed by atoms with E-state index >= 15 is 0 Å². The predicted molar refractivity (Wildman–Crippen MR) is 85.2 cm³/mol. The number of pyridine rings is 1. The molecule has 0 spiro atoms. The van der Waals surface area contributed by atoms with Gasteiger partial charge in [0.15, 0.2) is 0 Å². The molecular formula is C15H16N4O2S. The Bertz CT molecular complexity index is 632. The number of hydrogen-bond acceptors (Lipinski definition) is 6. The molecule has 0 aromatic carbocycles. The highest BCUT2D eigenvalue weighted by molar-refractivity contribution is 7.99. The lowest BCUT2D eigenvalue weighted by molar-refractivity contribution is -0.127. The number of nitrogens with zero attached hydrogens (tertiary/aromatic N) is 4. The van der Waals surface area contributed by atoms with Crippen molar-refractivity contribution >= 4 is 17.7 Å². The molecule has 0 bridgehead atoms. The fourth-order valence-corrected chi connectivity index (χ4v) is 2.35. The summed E-state index contributed by atoms with van der Waals surface area (Å²) in [5, 5.41) is 8.25. The number of amides is 1. The molecule has 6 nitrogen and oxygen atoms in total. The molecule has 22 heavy (non-hydrogen) atoms. The number of carbonyl (C=O) groups is 1. The molecule has 1 amide bonds. The minimum Gasteiger partial charge on any atom is -0.411 e. The van der Waals surface area contributed by atoms with Crippen LogP contribution in [0.5, 0.6) is 0 Å². The third-order valence-corrected chi connectivity index (χ3v) is 3.51. The van der Waals surface area contributed by atoms with Gasteiger partial charge < -0.3 is 9.32 Å². The van der Waals surface area contributed by atoms with Gasteiger partial charge in [0.2, 0.25) is 11.8 Å². The van der Waals surface area contributed by atoms with Crippen molar-refractivity contribution in [2.24, 2.45) is 0 Å². The summed E-state index contributed by atoms with van der Waals surface area (Å²) in [6.45, 7) is 8.25. The second-order valence-electron chi connectivity index (χ2n) is 4.27. The van der Waals surface area contributed by atoms with Gasteiger partial charge in [-0.15, -0.1) is 23.4 Å². The van der Waals surface area contributed by atoms with Gasteiger partial charge in [-0.3, -0.25) is 9.78 Å². The van der Waals surface area contributed by atoms with E-state index < -0.39 is 0 Å². The van der Waals surface area contributed by atoms with Gasteiger partial charge in [-0.05, 0) is 12.1 Å². The number of aromatic nitrogens is 3. The normalized spacial score (nSPS) is 10.2. The molecule has 0 aliphatic rings. The summed E-state index contributed by atoms with van der Waals surface area (Å²) < 4.78 is 5.52. The summed E-state index contributed by atoms with van der Waals surface area (Å²) in [6, 6.07) is 3.56. The molecule has 0 atom stereocenters. The summed E-state index contributed by atoms with van der Waals surface area (Å²) in [4.78, 5) is 17.7. The number of hydrogen-bond donors (Lipinski definition) is 0. The van der Waals surface area contributed by atoms with Crippen LogP contribution in [0.3, 0.4) is 0 Å². The fourth-order valence-electron chi connectivity index (χ4n) is 1.68. The van der Waals surface area contributed by atoms with E-state index in [1.807, 2.05) is 0 Å². The molecule has 7 heteroatoms. The van der Waals surface area contributed by atoms with E-state index in [9.17, 15) is 4.79 Å². The number of thioether (sulfide) groups is 1. The fraction of sp³-hybridized carbons (Fsp3) is 0.200. The zero-order valence-electron chi connectivity index (χ0n) is 12.0. The van der Waals surface area contributed by atoms with Gasteiger partial charge >= 0.3 is 0 Å². The van der Waals surface area contributed by atoms with Crippen molar-refractivity contribution in [3.8, 4) is 11.5 Å². The van der Waals surface area contributed by atoms with Crippen molar-refractivity contribution in [1.82, 2.24) is 20.1 Å². The van der Waals surface area contributed by atoms with E-state index in [4.69, 9.17) is 4.42 Å². The van der Waals surface area contributed by atoms with E-state index in [2.05, 4.69) is 28.3 Å². The molecule has 114 valence electrons. The summed E-state index contributed by atoms with van der Waals surface area (Å²) in [7, 11) is 0. The Hall–Kier alpha value is -2.41. The van der Waals surface area contributed by atoms with Gasteiger partial charge in [0.1, 0.15) is 0 Å². The van der Waals surface area contributed by atoms with Crippen molar-refractivity contribution in [2.45, 2.75) is 5.22 Å². The molecule has 0 radical (unpaired) electrons. The topological polar surface area (TPSA) is 72.1 Å². The van der Waals surface area contributed by atoms with Crippen LogP contribution in [0, 0.1) is 0 Å². The van der Waals surface area contributed by atoms with Crippen molar-refractivity contribution in [3.63, 3.8) is 0 Å². The second-order valence-corrected chi connectivity index (χ2v) is 5.20. The Morgan fingerprint density at radius 1 is 1.23 bits per heavy atom. The third kappa shape index (κ3) is 4.29. The molecule has 0 N–H and O–H groups in total. The predicted octanol–water partition coefficient (Wildman–Crippen LogP) is 2.42. The van der Waals surface area contributed by atoms with Crippen molar-refractivity contribution in [3.05, 3.63) is 49.8 Å². The zero-order chi connectivity index (χ0) is 15.8. The molecule has 0 unspecified atom stereocenters. The molecule has 2 aromatic heterocycles. The minimum absolute atomic E-state index is 0.0338. The Kier molecular flexibility index (Phi) is 5.91. The largest absolute Gasteiger partial charge is 0.411 e. The van der Waals surface area contributed by atoms with Crippen LogP contribution >= 0.6 is 11.8 Å². The van der Waals surface area contributed by atoms with Crippen LogP contribution in [0.2, 0.25) is 0 Å². The van der Waals surface area contributed by atoms with Crippen LogP contribution in [0.4, 0.5) is 0 Å². The molecule has 2 heterocycles.